The summed E-state index contributed by atoms with van der Waals surface area (Å²) in [7, 11) is -2.70. The Hall–Kier alpha value is 0.654. The zero-order chi connectivity index (χ0) is 15.3. The van der Waals surface area contributed by atoms with Gasteiger partial charge in [0.25, 0.3) is 0 Å². The van der Waals surface area contributed by atoms with Gasteiger partial charge in [0, 0.05) is 9.00 Å². The summed E-state index contributed by atoms with van der Waals surface area (Å²) in [5.41, 5.74) is 0. The maximum atomic E-state index is 4.70. The number of hydrogen-bond donors (Lipinski definition) is 0. The van der Waals surface area contributed by atoms with Crippen molar-refractivity contribution in [1.82, 2.24) is 9.97 Å². The highest BCUT2D eigenvalue weighted by Gasteiger charge is 2.28. The molecule has 2 rings (SSSR count). The van der Waals surface area contributed by atoms with Crippen LogP contribution in [-0.4, -0.2) is 26.1 Å². The minimum Gasteiger partial charge on any atom is -0.227 e. The first-order valence-corrected chi connectivity index (χ1v) is 16.6. The molecule has 0 spiro atoms. The normalized spacial score (nSPS) is 13.0. The summed E-state index contributed by atoms with van der Waals surface area (Å²) < 4.78 is 4.84. The van der Waals surface area contributed by atoms with E-state index in [1.54, 1.807) is 22.7 Å². The van der Waals surface area contributed by atoms with Crippen molar-refractivity contribution in [2.24, 2.45) is 0 Å². The average molecular weight is 470 g/mol. The topological polar surface area (TPSA) is 25.8 Å². The molecule has 20 heavy (non-hydrogen) atoms. The first-order chi connectivity index (χ1) is 9.00. The predicted octanol–water partition coefficient (Wildman–Crippen LogP) is 4.88. The first kappa shape index (κ1) is 17.0. The van der Waals surface area contributed by atoms with Gasteiger partial charge in [-0.2, -0.15) is 0 Å². The minimum absolute atomic E-state index is 1.01. The van der Waals surface area contributed by atoms with Crippen LogP contribution >= 0.6 is 54.5 Å². The van der Waals surface area contributed by atoms with Crippen molar-refractivity contribution in [2.75, 3.05) is 0 Å². The molecule has 0 aliphatic rings. The van der Waals surface area contributed by atoms with Gasteiger partial charge in [0.2, 0.25) is 0 Å². The number of aromatic nitrogens is 2. The van der Waals surface area contributed by atoms with Crippen molar-refractivity contribution >= 4 is 79.7 Å². The van der Waals surface area contributed by atoms with Gasteiger partial charge >= 0.3 is 0 Å². The molecular formula is C12H18Br2N2S2Si2. The van der Waals surface area contributed by atoms with E-state index >= 15 is 0 Å². The van der Waals surface area contributed by atoms with Crippen LogP contribution in [0, 0.1) is 0 Å². The van der Waals surface area contributed by atoms with E-state index in [1.165, 1.54) is 9.00 Å². The second kappa shape index (κ2) is 5.69. The van der Waals surface area contributed by atoms with Crippen molar-refractivity contribution < 1.29 is 0 Å². The number of nitrogens with zero attached hydrogens (tertiary/aromatic N) is 2. The Bertz CT molecular complexity index is 583. The summed E-state index contributed by atoms with van der Waals surface area (Å²) >= 11 is 10.8. The average Bonchev–Trinajstić information content (AvgIpc) is 2.79. The predicted molar refractivity (Wildman–Crippen MR) is 105 cm³/mol. The lowest BCUT2D eigenvalue weighted by Crippen LogP contribution is -2.36. The fourth-order valence-corrected chi connectivity index (χ4v) is 12.2. The first-order valence-electron chi connectivity index (χ1n) is 6.34. The van der Waals surface area contributed by atoms with Gasteiger partial charge in [-0.15, -0.1) is 22.7 Å². The van der Waals surface area contributed by atoms with Crippen molar-refractivity contribution in [3.63, 3.8) is 0 Å². The van der Waals surface area contributed by atoms with Gasteiger partial charge in [0.05, 0.1) is 16.1 Å². The molecule has 0 bridgehead atoms. The maximum Gasteiger partial charge on any atom is 0.153 e. The van der Waals surface area contributed by atoms with Gasteiger partial charge in [-0.05, 0) is 31.9 Å². The van der Waals surface area contributed by atoms with Crippen LogP contribution in [0.1, 0.15) is 0 Å². The van der Waals surface area contributed by atoms with Crippen LogP contribution in [0.25, 0.3) is 10.0 Å². The lowest BCUT2D eigenvalue weighted by Gasteiger charge is -2.12. The summed E-state index contributed by atoms with van der Waals surface area (Å²) in [5.74, 6) is 0. The Labute approximate surface area is 147 Å². The van der Waals surface area contributed by atoms with Crippen LogP contribution in [0.2, 0.25) is 39.3 Å². The molecule has 0 aliphatic carbocycles. The molecule has 0 aliphatic heterocycles. The van der Waals surface area contributed by atoms with Crippen molar-refractivity contribution in [3.8, 4) is 10.0 Å². The number of rotatable bonds is 3. The standard InChI is InChI=1S/C12H18Br2N2S2Si2/c1-19(2,3)11-7(13)15-9(17-11)10-16-8(14)12(18-10)20(4,5)6/h1-6H3. The Morgan fingerprint density at radius 1 is 0.700 bits per heavy atom. The zero-order valence-electron chi connectivity index (χ0n) is 12.5. The third-order valence-electron chi connectivity index (χ3n) is 2.72. The molecule has 8 heteroatoms. The third-order valence-corrected chi connectivity index (χ3v) is 14.5. The lowest BCUT2D eigenvalue weighted by molar-refractivity contribution is 1.31. The van der Waals surface area contributed by atoms with E-state index in [1.807, 2.05) is 0 Å². The highest BCUT2D eigenvalue weighted by Crippen LogP contribution is 2.31. The Morgan fingerprint density at radius 3 is 1.20 bits per heavy atom. The van der Waals surface area contributed by atoms with Crippen molar-refractivity contribution in [3.05, 3.63) is 9.21 Å². The van der Waals surface area contributed by atoms with E-state index in [-0.39, 0.29) is 0 Å². The summed E-state index contributed by atoms with van der Waals surface area (Å²) in [4.78, 5) is 9.39. The highest BCUT2D eigenvalue weighted by atomic mass is 79.9. The van der Waals surface area contributed by atoms with Crippen LogP contribution in [-0.2, 0) is 0 Å². The number of halogens is 2. The van der Waals surface area contributed by atoms with E-state index in [0.29, 0.717) is 0 Å². The van der Waals surface area contributed by atoms with E-state index in [0.717, 1.165) is 19.2 Å². The summed E-state index contributed by atoms with van der Waals surface area (Å²) in [5, 5.41) is 2.09. The van der Waals surface area contributed by atoms with Gasteiger partial charge in [0.1, 0.15) is 9.21 Å². The third kappa shape index (κ3) is 3.52. The molecule has 2 aromatic heterocycles. The van der Waals surface area contributed by atoms with Crippen LogP contribution < -0.4 is 9.00 Å². The van der Waals surface area contributed by atoms with Crippen LogP contribution in [0.4, 0.5) is 0 Å². The van der Waals surface area contributed by atoms with E-state index in [9.17, 15) is 0 Å². The molecule has 110 valence electrons. The summed E-state index contributed by atoms with van der Waals surface area (Å²) in [6, 6.07) is 0. The molecule has 0 radical (unpaired) electrons. The largest absolute Gasteiger partial charge is 0.227 e. The molecule has 0 aromatic carbocycles. The Balaban J connectivity index is 2.49. The molecule has 0 amide bonds. The van der Waals surface area contributed by atoms with Crippen molar-refractivity contribution in [2.45, 2.75) is 39.3 Å². The van der Waals surface area contributed by atoms with Gasteiger partial charge in [-0.1, -0.05) is 39.3 Å². The van der Waals surface area contributed by atoms with Crippen LogP contribution in [0.3, 0.4) is 0 Å². The summed E-state index contributed by atoms with van der Waals surface area (Å²) in [6.07, 6.45) is 0. The maximum absolute atomic E-state index is 4.70. The van der Waals surface area contributed by atoms with Gasteiger partial charge in [-0.3, -0.25) is 0 Å². The monoisotopic (exact) mass is 468 g/mol. The van der Waals surface area contributed by atoms with Crippen LogP contribution in [0.5, 0.6) is 0 Å². The van der Waals surface area contributed by atoms with E-state index < -0.39 is 16.1 Å². The molecular weight excluding hydrogens is 452 g/mol. The fraction of sp³-hybridized carbons (Fsp3) is 0.500. The lowest BCUT2D eigenvalue weighted by atomic mass is 10.7. The second-order valence-corrected chi connectivity index (χ2v) is 21.0. The molecule has 0 unspecified atom stereocenters. The molecule has 2 heterocycles. The molecule has 2 aromatic rings. The zero-order valence-corrected chi connectivity index (χ0v) is 19.3. The second-order valence-electron chi connectivity index (χ2n) is 6.78. The molecule has 0 fully saturated rings. The quantitative estimate of drug-likeness (QED) is 0.598. The fourth-order valence-electron chi connectivity index (χ4n) is 1.71. The summed E-state index contributed by atoms with van der Waals surface area (Å²) in [6.45, 7) is 14.1. The van der Waals surface area contributed by atoms with Crippen LogP contribution in [0.15, 0.2) is 9.21 Å². The van der Waals surface area contributed by atoms with Crippen molar-refractivity contribution in [1.29, 1.82) is 0 Å². The number of thiazole rings is 2. The van der Waals surface area contributed by atoms with Gasteiger partial charge in [-0.25, -0.2) is 9.97 Å². The molecule has 0 N–H and O–H groups in total. The molecule has 2 nitrogen and oxygen atoms in total. The Morgan fingerprint density at radius 2 is 1.00 bits per heavy atom. The molecule has 0 saturated carbocycles. The molecule has 0 saturated heterocycles. The van der Waals surface area contributed by atoms with E-state index in [4.69, 9.17) is 9.97 Å². The highest BCUT2D eigenvalue weighted by molar-refractivity contribution is 9.11. The van der Waals surface area contributed by atoms with Gasteiger partial charge in [0.15, 0.2) is 10.0 Å². The van der Waals surface area contributed by atoms with E-state index in [2.05, 4.69) is 71.1 Å². The Kier molecular flexibility index (Phi) is 4.84. The smallest absolute Gasteiger partial charge is 0.153 e. The SMILES string of the molecule is C[Si](C)(C)c1sc(-c2nc(Br)c([Si](C)(C)C)s2)nc1Br. The molecule has 0 atom stereocenters. The minimum atomic E-state index is -1.35. The number of hydrogen-bond acceptors (Lipinski definition) is 4. The van der Waals surface area contributed by atoms with Gasteiger partial charge < -0.3 is 0 Å².